The Hall–Kier alpha value is -3.43. The molecule has 0 amide bonds. The number of fused-ring (bicyclic) bond motifs is 1. The Kier molecular flexibility index (Phi) is 5.97. The molecule has 2 aromatic heterocycles. The molecule has 0 radical (unpaired) electrons. The summed E-state index contributed by atoms with van der Waals surface area (Å²) in [6.45, 7) is 3.62. The van der Waals surface area contributed by atoms with Gasteiger partial charge < -0.3 is 14.9 Å². The van der Waals surface area contributed by atoms with Gasteiger partial charge in [0.1, 0.15) is 12.4 Å². The van der Waals surface area contributed by atoms with Gasteiger partial charge in [-0.25, -0.2) is 4.98 Å². The Morgan fingerprint density at radius 3 is 2.12 bits per heavy atom. The number of benzene rings is 2. The number of anilines is 1. The van der Waals surface area contributed by atoms with Crippen molar-refractivity contribution >= 4 is 11.5 Å². The number of quaternary nitrogens is 1. The number of piperazine rings is 1. The van der Waals surface area contributed by atoms with E-state index in [1.807, 2.05) is 36.4 Å². The van der Waals surface area contributed by atoms with E-state index in [-0.39, 0.29) is 17.8 Å². The molecule has 0 spiro atoms. The van der Waals surface area contributed by atoms with Gasteiger partial charge in [0.25, 0.3) is 0 Å². The first-order chi connectivity index (χ1) is 16.5. The van der Waals surface area contributed by atoms with Gasteiger partial charge in [-0.05, 0) is 5.56 Å². The maximum atomic E-state index is 14.2. The Morgan fingerprint density at radius 1 is 0.912 bits per heavy atom. The molecule has 1 aliphatic rings. The second-order valence-electron chi connectivity index (χ2n) is 8.40. The quantitative estimate of drug-likeness (QED) is 0.473. The van der Waals surface area contributed by atoms with Crippen LogP contribution in [0.5, 0.6) is 0 Å². The van der Waals surface area contributed by atoms with E-state index >= 15 is 0 Å². The summed E-state index contributed by atoms with van der Waals surface area (Å²) in [6, 6.07) is 19.8. The van der Waals surface area contributed by atoms with E-state index < -0.39 is 11.9 Å². The largest absolute Gasteiger partial charge is 0.435 e. The van der Waals surface area contributed by atoms with Gasteiger partial charge in [-0.15, -0.1) is 0 Å². The van der Waals surface area contributed by atoms with Crippen LogP contribution in [0.2, 0.25) is 0 Å². The SMILES string of the molecule is OCC[NH+]1CCN(c2cc(-c3ccccc3)nc3c(-c4ccccc4)c(C(F)(F)F)nn23)CC1. The van der Waals surface area contributed by atoms with Crippen molar-refractivity contribution in [2.24, 2.45) is 0 Å². The standard InChI is InChI=1S/C25H24F3N5O/c26-25(27,28)23-22(19-9-5-2-6-10-19)24-29-20(18-7-3-1-4-8-18)17-21(33(24)30-23)32-13-11-31(12-14-32)15-16-34/h1-10,17,34H,11-16H2/p+1. The van der Waals surface area contributed by atoms with Crippen molar-refractivity contribution in [1.82, 2.24) is 14.6 Å². The van der Waals surface area contributed by atoms with E-state index in [1.54, 1.807) is 30.3 Å². The molecule has 0 atom stereocenters. The molecule has 3 heterocycles. The first-order valence-corrected chi connectivity index (χ1v) is 11.3. The van der Waals surface area contributed by atoms with Crippen LogP contribution < -0.4 is 9.80 Å². The Balaban J connectivity index is 1.73. The summed E-state index contributed by atoms with van der Waals surface area (Å²) < 4.78 is 43.8. The molecule has 176 valence electrons. The van der Waals surface area contributed by atoms with Crippen LogP contribution in [0.25, 0.3) is 28.0 Å². The molecule has 5 rings (SSSR count). The van der Waals surface area contributed by atoms with Gasteiger partial charge in [-0.2, -0.15) is 22.8 Å². The van der Waals surface area contributed by atoms with Gasteiger partial charge in [0.15, 0.2) is 11.3 Å². The van der Waals surface area contributed by atoms with E-state index in [2.05, 4.69) is 10.00 Å². The molecule has 1 fully saturated rings. The normalized spacial score (nSPS) is 15.2. The first kappa shape index (κ1) is 22.4. The zero-order valence-corrected chi connectivity index (χ0v) is 18.5. The average Bonchev–Trinajstić information content (AvgIpc) is 3.26. The topological polar surface area (TPSA) is 58.1 Å². The molecular formula is C25H25F3N5O+. The highest BCUT2D eigenvalue weighted by Crippen LogP contribution is 2.40. The highest BCUT2D eigenvalue weighted by atomic mass is 19.4. The van der Waals surface area contributed by atoms with Crippen molar-refractivity contribution in [3.63, 3.8) is 0 Å². The second-order valence-corrected chi connectivity index (χ2v) is 8.40. The smallest absolute Gasteiger partial charge is 0.391 e. The van der Waals surface area contributed by atoms with Gasteiger partial charge in [0.2, 0.25) is 0 Å². The van der Waals surface area contributed by atoms with Crippen molar-refractivity contribution in [2.45, 2.75) is 6.18 Å². The molecule has 4 aromatic rings. The van der Waals surface area contributed by atoms with Gasteiger partial charge >= 0.3 is 6.18 Å². The number of rotatable bonds is 5. The number of halogens is 3. The molecule has 0 saturated carbocycles. The maximum absolute atomic E-state index is 14.2. The van der Waals surface area contributed by atoms with E-state index in [4.69, 9.17) is 4.98 Å². The number of aliphatic hydroxyl groups excluding tert-OH is 1. The molecule has 0 bridgehead atoms. The molecule has 1 saturated heterocycles. The van der Waals surface area contributed by atoms with E-state index in [1.165, 1.54) is 9.42 Å². The predicted octanol–water partition coefficient (Wildman–Crippen LogP) is 2.78. The fraction of sp³-hybridized carbons (Fsp3) is 0.280. The van der Waals surface area contributed by atoms with Crippen molar-refractivity contribution in [3.05, 3.63) is 72.4 Å². The average molecular weight is 469 g/mol. The van der Waals surface area contributed by atoms with Crippen LogP contribution in [0.4, 0.5) is 19.0 Å². The molecule has 1 aliphatic heterocycles. The third kappa shape index (κ3) is 4.24. The van der Waals surface area contributed by atoms with E-state index in [0.29, 0.717) is 36.7 Å². The minimum absolute atomic E-state index is 0.0170. The molecule has 0 aliphatic carbocycles. The third-order valence-electron chi connectivity index (χ3n) is 6.23. The van der Waals surface area contributed by atoms with Crippen LogP contribution in [-0.2, 0) is 6.18 Å². The number of nitrogens with zero attached hydrogens (tertiary/aromatic N) is 4. The highest BCUT2D eigenvalue weighted by molar-refractivity contribution is 5.83. The van der Waals surface area contributed by atoms with Crippen molar-refractivity contribution in [2.75, 3.05) is 44.2 Å². The summed E-state index contributed by atoms with van der Waals surface area (Å²) in [7, 11) is 0. The fourth-order valence-electron chi connectivity index (χ4n) is 4.51. The molecule has 34 heavy (non-hydrogen) atoms. The lowest BCUT2D eigenvalue weighted by atomic mass is 10.1. The number of nitrogens with one attached hydrogen (secondary N) is 1. The monoisotopic (exact) mass is 468 g/mol. The Bertz CT molecular complexity index is 1270. The summed E-state index contributed by atoms with van der Waals surface area (Å²) in [4.78, 5) is 8.02. The summed E-state index contributed by atoms with van der Waals surface area (Å²) in [5.41, 5.74) is 1.06. The number of hydrogen-bond acceptors (Lipinski definition) is 4. The lowest BCUT2D eigenvalue weighted by Gasteiger charge is -2.33. The summed E-state index contributed by atoms with van der Waals surface area (Å²) in [6.07, 6.45) is -4.63. The van der Waals surface area contributed by atoms with Crippen LogP contribution in [0.1, 0.15) is 5.69 Å². The maximum Gasteiger partial charge on any atom is 0.435 e. The molecule has 2 N–H and O–H groups in total. The van der Waals surface area contributed by atoms with Gasteiger partial charge in [0.05, 0.1) is 44.0 Å². The summed E-state index contributed by atoms with van der Waals surface area (Å²) in [5.74, 6) is 0.583. The van der Waals surface area contributed by atoms with E-state index in [9.17, 15) is 18.3 Å². The summed E-state index contributed by atoms with van der Waals surface area (Å²) >= 11 is 0. The van der Waals surface area contributed by atoms with Crippen molar-refractivity contribution in [3.8, 4) is 22.4 Å². The minimum Gasteiger partial charge on any atom is -0.391 e. The second kappa shape index (κ2) is 9.08. The van der Waals surface area contributed by atoms with E-state index in [0.717, 1.165) is 18.7 Å². The van der Waals surface area contributed by atoms with Crippen LogP contribution in [0.15, 0.2) is 66.7 Å². The van der Waals surface area contributed by atoms with Crippen LogP contribution in [0.3, 0.4) is 0 Å². The number of aromatic nitrogens is 3. The van der Waals surface area contributed by atoms with Crippen LogP contribution >= 0.6 is 0 Å². The molecule has 9 heteroatoms. The van der Waals surface area contributed by atoms with Gasteiger partial charge in [-0.1, -0.05) is 60.7 Å². The number of hydrogen-bond donors (Lipinski definition) is 2. The molecule has 2 aromatic carbocycles. The molecular weight excluding hydrogens is 443 g/mol. The first-order valence-electron chi connectivity index (χ1n) is 11.3. The van der Waals surface area contributed by atoms with Crippen LogP contribution in [0, 0.1) is 0 Å². The zero-order valence-electron chi connectivity index (χ0n) is 18.5. The minimum atomic E-state index is -4.63. The Labute approximate surface area is 194 Å². The highest BCUT2D eigenvalue weighted by Gasteiger charge is 2.40. The van der Waals surface area contributed by atoms with Gasteiger partial charge in [-0.3, -0.25) is 0 Å². The lowest BCUT2D eigenvalue weighted by molar-refractivity contribution is -0.900. The summed E-state index contributed by atoms with van der Waals surface area (Å²) in [5, 5.41) is 13.3. The lowest BCUT2D eigenvalue weighted by Crippen LogP contribution is -3.15. The van der Waals surface area contributed by atoms with Gasteiger partial charge in [0, 0.05) is 11.6 Å². The predicted molar refractivity (Wildman–Crippen MR) is 124 cm³/mol. The fourth-order valence-corrected chi connectivity index (χ4v) is 4.51. The van der Waals surface area contributed by atoms with Crippen molar-refractivity contribution in [1.29, 1.82) is 0 Å². The number of aliphatic hydroxyl groups is 1. The van der Waals surface area contributed by atoms with Crippen LogP contribution in [-0.4, -0.2) is 59.0 Å². The van der Waals surface area contributed by atoms with Crippen molar-refractivity contribution < 1.29 is 23.2 Å². The molecule has 6 nitrogen and oxygen atoms in total. The molecule has 0 unspecified atom stereocenters. The number of alkyl halides is 3. The Morgan fingerprint density at radius 2 is 1.53 bits per heavy atom. The zero-order chi connectivity index (χ0) is 23.7. The third-order valence-corrected chi connectivity index (χ3v) is 6.23.